The van der Waals surface area contributed by atoms with E-state index in [2.05, 4.69) is 26.8 Å². The second-order valence-electron chi connectivity index (χ2n) is 10.2. The van der Waals surface area contributed by atoms with E-state index >= 15 is 0 Å². The minimum Gasteiger partial charge on any atom is -0.393 e. The van der Waals surface area contributed by atoms with Crippen LogP contribution in [0.25, 0.3) is 0 Å². The molecule has 0 radical (unpaired) electrons. The van der Waals surface area contributed by atoms with Gasteiger partial charge in [-0.2, -0.15) is 0 Å². The minimum absolute atomic E-state index is 0.110. The van der Waals surface area contributed by atoms with Gasteiger partial charge in [-0.25, -0.2) is 0 Å². The fraction of sp³-hybridized carbons (Fsp3) is 0.909. The monoisotopic (exact) mass is 332 g/mol. The summed E-state index contributed by atoms with van der Waals surface area (Å²) < 4.78 is 0. The second kappa shape index (κ2) is 5.58. The van der Waals surface area contributed by atoms with Crippen LogP contribution in [0.15, 0.2) is 11.6 Å². The molecule has 0 aromatic heterocycles. The van der Waals surface area contributed by atoms with Crippen LogP contribution in [0.4, 0.5) is 0 Å². The first kappa shape index (κ1) is 17.1. The zero-order chi connectivity index (χ0) is 17.3. The van der Waals surface area contributed by atoms with Crippen LogP contribution in [0.3, 0.4) is 0 Å². The molecule has 0 amide bonds. The molecule has 2 nitrogen and oxygen atoms in total. The molecule has 4 aliphatic carbocycles. The SMILES string of the molecule is CC(O)C1C(C)CC2C3CC=C4CC(O)CCC4(C)C3CCC21C. The third-order valence-electron chi connectivity index (χ3n) is 9.04. The van der Waals surface area contributed by atoms with Crippen molar-refractivity contribution in [1.29, 1.82) is 0 Å². The van der Waals surface area contributed by atoms with E-state index in [0.29, 0.717) is 22.7 Å². The van der Waals surface area contributed by atoms with Gasteiger partial charge >= 0.3 is 0 Å². The van der Waals surface area contributed by atoms with Crippen molar-refractivity contribution in [2.24, 2.45) is 40.4 Å². The maximum atomic E-state index is 10.5. The molecule has 0 saturated heterocycles. The molecule has 0 aromatic rings. The summed E-state index contributed by atoms with van der Waals surface area (Å²) in [5.74, 6) is 3.47. The Hall–Kier alpha value is -0.340. The maximum absolute atomic E-state index is 10.5. The van der Waals surface area contributed by atoms with Crippen molar-refractivity contribution in [3.63, 3.8) is 0 Å². The molecule has 0 spiro atoms. The van der Waals surface area contributed by atoms with Crippen molar-refractivity contribution in [2.75, 3.05) is 0 Å². The number of rotatable bonds is 1. The zero-order valence-electron chi connectivity index (χ0n) is 16.0. The van der Waals surface area contributed by atoms with Crippen molar-refractivity contribution < 1.29 is 10.2 Å². The van der Waals surface area contributed by atoms with Crippen LogP contribution in [0.5, 0.6) is 0 Å². The van der Waals surface area contributed by atoms with Crippen LogP contribution in [0, 0.1) is 40.4 Å². The molecule has 3 saturated carbocycles. The molecule has 0 aromatic carbocycles. The fourth-order valence-corrected chi connectivity index (χ4v) is 8.07. The first-order valence-electron chi connectivity index (χ1n) is 10.3. The smallest absolute Gasteiger partial charge is 0.0577 e. The van der Waals surface area contributed by atoms with Crippen LogP contribution in [0.1, 0.15) is 72.6 Å². The molecule has 0 heterocycles. The number of fused-ring (bicyclic) bond motifs is 5. The summed E-state index contributed by atoms with van der Waals surface area (Å²) in [4.78, 5) is 0. The lowest BCUT2D eigenvalue weighted by molar-refractivity contribution is -0.0701. The van der Waals surface area contributed by atoms with Crippen LogP contribution in [-0.2, 0) is 0 Å². The predicted molar refractivity (Wildman–Crippen MR) is 97.4 cm³/mol. The minimum atomic E-state index is -0.179. The van der Waals surface area contributed by atoms with Gasteiger partial charge in [0.25, 0.3) is 0 Å². The Morgan fingerprint density at radius 1 is 1.17 bits per heavy atom. The number of hydrogen-bond acceptors (Lipinski definition) is 2. The summed E-state index contributed by atoms with van der Waals surface area (Å²) >= 11 is 0. The maximum Gasteiger partial charge on any atom is 0.0577 e. The van der Waals surface area contributed by atoms with Gasteiger partial charge in [-0.05, 0) is 92.3 Å². The topological polar surface area (TPSA) is 40.5 Å². The zero-order valence-corrected chi connectivity index (χ0v) is 16.0. The lowest BCUT2D eigenvalue weighted by Crippen LogP contribution is -2.51. The molecule has 24 heavy (non-hydrogen) atoms. The summed E-state index contributed by atoms with van der Waals surface area (Å²) in [6.45, 7) is 9.37. The quantitative estimate of drug-likeness (QED) is 0.691. The summed E-state index contributed by atoms with van der Waals surface area (Å²) in [6.07, 6.45) is 10.4. The Balaban J connectivity index is 1.67. The van der Waals surface area contributed by atoms with Gasteiger partial charge in [0, 0.05) is 0 Å². The van der Waals surface area contributed by atoms with E-state index < -0.39 is 0 Å². The van der Waals surface area contributed by atoms with E-state index in [4.69, 9.17) is 0 Å². The third kappa shape index (κ3) is 2.21. The van der Waals surface area contributed by atoms with Crippen molar-refractivity contribution in [1.82, 2.24) is 0 Å². The molecular weight excluding hydrogens is 296 g/mol. The van der Waals surface area contributed by atoms with Crippen LogP contribution in [-0.4, -0.2) is 22.4 Å². The molecule has 9 unspecified atom stereocenters. The fourth-order valence-electron chi connectivity index (χ4n) is 8.07. The number of aliphatic hydroxyl groups is 2. The van der Waals surface area contributed by atoms with E-state index in [1.54, 1.807) is 5.57 Å². The van der Waals surface area contributed by atoms with Crippen LogP contribution < -0.4 is 0 Å². The first-order chi connectivity index (χ1) is 11.3. The number of allylic oxidation sites excluding steroid dienone is 1. The van der Waals surface area contributed by atoms with Crippen LogP contribution >= 0.6 is 0 Å². The van der Waals surface area contributed by atoms with E-state index in [9.17, 15) is 10.2 Å². The average molecular weight is 333 g/mol. The molecule has 4 aliphatic rings. The highest BCUT2D eigenvalue weighted by atomic mass is 16.3. The van der Waals surface area contributed by atoms with E-state index in [0.717, 1.165) is 30.6 Å². The molecule has 4 rings (SSSR count). The third-order valence-corrected chi connectivity index (χ3v) is 9.04. The van der Waals surface area contributed by atoms with E-state index in [1.165, 1.54) is 32.1 Å². The summed E-state index contributed by atoms with van der Waals surface area (Å²) in [5, 5.41) is 20.6. The summed E-state index contributed by atoms with van der Waals surface area (Å²) in [5.41, 5.74) is 2.21. The molecular formula is C22H36O2. The van der Waals surface area contributed by atoms with Gasteiger partial charge < -0.3 is 10.2 Å². The molecule has 3 fully saturated rings. The second-order valence-corrected chi connectivity index (χ2v) is 10.2. The summed E-state index contributed by atoms with van der Waals surface area (Å²) in [7, 11) is 0. The standard InChI is InChI=1S/C22H36O2/c1-13-11-19-17-6-5-15-12-16(24)7-9-21(15,3)18(17)8-10-22(19,4)20(13)14(2)23/h5,13-14,16-20,23-24H,6-12H2,1-4H3. The lowest BCUT2D eigenvalue weighted by atomic mass is 9.47. The lowest BCUT2D eigenvalue weighted by Gasteiger charge is -2.58. The highest BCUT2D eigenvalue weighted by molar-refractivity contribution is 5.25. The molecule has 0 bridgehead atoms. The summed E-state index contributed by atoms with van der Waals surface area (Å²) in [6, 6.07) is 0. The normalized spacial score (nSPS) is 55.2. The van der Waals surface area contributed by atoms with Crippen molar-refractivity contribution in [2.45, 2.75) is 84.8 Å². The van der Waals surface area contributed by atoms with E-state index in [1.807, 2.05) is 6.92 Å². The highest BCUT2D eigenvalue weighted by Gasteiger charge is 2.60. The first-order valence-corrected chi connectivity index (χ1v) is 10.3. The highest BCUT2D eigenvalue weighted by Crippen LogP contribution is 2.67. The molecule has 136 valence electrons. The van der Waals surface area contributed by atoms with Gasteiger partial charge in [0.2, 0.25) is 0 Å². The van der Waals surface area contributed by atoms with Gasteiger partial charge in [0.1, 0.15) is 0 Å². The van der Waals surface area contributed by atoms with E-state index in [-0.39, 0.29) is 12.2 Å². The van der Waals surface area contributed by atoms with Gasteiger partial charge in [0.15, 0.2) is 0 Å². The Labute approximate surface area is 147 Å². The largest absolute Gasteiger partial charge is 0.393 e. The Bertz CT molecular complexity index is 538. The molecule has 2 N–H and O–H groups in total. The Kier molecular flexibility index (Phi) is 3.97. The van der Waals surface area contributed by atoms with Crippen LogP contribution in [0.2, 0.25) is 0 Å². The number of aliphatic hydroxyl groups excluding tert-OH is 2. The molecule has 2 heteroatoms. The van der Waals surface area contributed by atoms with Gasteiger partial charge in [0.05, 0.1) is 12.2 Å². The average Bonchev–Trinajstić information content (AvgIpc) is 2.78. The Morgan fingerprint density at radius 2 is 1.92 bits per heavy atom. The predicted octanol–water partition coefficient (Wildman–Crippen LogP) is 4.55. The van der Waals surface area contributed by atoms with Crippen molar-refractivity contribution in [3.8, 4) is 0 Å². The van der Waals surface area contributed by atoms with Crippen molar-refractivity contribution in [3.05, 3.63) is 11.6 Å². The Morgan fingerprint density at radius 3 is 2.62 bits per heavy atom. The van der Waals surface area contributed by atoms with Gasteiger partial charge in [-0.15, -0.1) is 0 Å². The molecule has 9 atom stereocenters. The van der Waals surface area contributed by atoms with Crippen molar-refractivity contribution >= 4 is 0 Å². The number of hydrogen-bond donors (Lipinski definition) is 2. The molecule has 0 aliphatic heterocycles. The van der Waals surface area contributed by atoms with Gasteiger partial charge in [-0.1, -0.05) is 32.4 Å². The van der Waals surface area contributed by atoms with Gasteiger partial charge in [-0.3, -0.25) is 0 Å².